The highest BCUT2D eigenvalue weighted by Crippen LogP contribution is 2.34. The van der Waals surface area contributed by atoms with E-state index in [-0.39, 0.29) is 23.0 Å². The summed E-state index contributed by atoms with van der Waals surface area (Å²) in [4.78, 5) is 15.5. The highest BCUT2D eigenvalue weighted by Gasteiger charge is 2.13. The summed E-state index contributed by atoms with van der Waals surface area (Å²) >= 11 is 3.45. The van der Waals surface area contributed by atoms with Crippen LogP contribution in [0.1, 0.15) is 0 Å². The molecule has 0 fully saturated rings. The number of nitro groups is 1. The van der Waals surface area contributed by atoms with Crippen LogP contribution in [0.2, 0.25) is 0 Å². The Hall–Kier alpha value is -2.76. The SMILES string of the molecule is O=[N+]([O-])c1ccc2nc(-c3ccc(Br)cc3)cc(-c3ccccc3)c2c1.[Cl-]. The molecule has 1 aromatic heterocycles. The third-order valence-corrected chi connectivity index (χ3v) is 4.76. The van der Waals surface area contributed by atoms with Gasteiger partial charge in [-0.2, -0.15) is 0 Å². The molecule has 0 saturated heterocycles. The van der Waals surface area contributed by atoms with Crippen molar-refractivity contribution in [3.8, 4) is 22.4 Å². The monoisotopic (exact) mass is 439 g/mol. The molecule has 4 rings (SSSR count). The maximum absolute atomic E-state index is 11.2. The van der Waals surface area contributed by atoms with E-state index in [0.29, 0.717) is 0 Å². The summed E-state index contributed by atoms with van der Waals surface area (Å²) in [7, 11) is 0. The molecule has 3 aromatic carbocycles. The van der Waals surface area contributed by atoms with Crippen molar-refractivity contribution < 1.29 is 17.3 Å². The molecule has 0 bridgehead atoms. The molecule has 0 N–H and O–H groups in total. The minimum absolute atomic E-state index is 0. The number of nitro benzene ring substituents is 1. The molecule has 6 heteroatoms. The van der Waals surface area contributed by atoms with Crippen LogP contribution in [-0.4, -0.2) is 9.91 Å². The lowest BCUT2D eigenvalue weighted by Crippen LogP contribution is -3.00. The van der Waals surface area contributed by atoms with Gasteiger partial charge in [-0.25, -0.2) is 4.98 Å². The average molecular weight is 441 g/mol. The van der Waals surface area contributed by atoms with E-state index in [1.54, 1.807) is 12.1 Å². The van der Waals surface area contributed by atoms with Crippen LogP contribution in [0.25, 0.3) is 33.3 Å². The fraction of sp³-hybridized carbons (Fsp3) is 0. The van der Waals surface area contributed by atoms with Crippen LogP contribution in [0.15, 0.2) is 83.3 Å². The number of nitrogens with zero attached hydrogens (tertiary/aromatic N) is 2. The molecule has 0 spiro atoms. The topological polar surface area (TPSA) is 56.0 Å². The molecular formula is C21H13BrClN2O2-. The van der Waals surface area contributed by atoms with Crippen molar-refractivity contribution in [3.05, 3.63) is 93.4 Å². The van der Waals surface area contributed by atoms with E-state index >= 15 is 0 Å². The van der Waals surface area contributed by atoms with Crippen molar-refractivity contribution in [2.45, 2.75) is 0 Å². The molecule has 27 heavy (non-hydrogen) atoms. The van der Waals surface area contributed by atoms with Gasteiger partial charge in [0.1, 0.15) is 0 Å². The normalized spacial score (nSPS) is 10.4. The number of aromatic nitrogens is 1. The van der Waals surface area contributed by atoms with Crippen LogP contribution >= 0.6 is 15.9 Å². The van der Waals surface area contributed by atoms with Gasteiger partial charge < -0.3 is 12.4 Å². The molecule has 134 valence electrons. The van der Waals surface area contributed by atoms with Gasteiger partial charge in [0.2, 0.25) is 0 Å². The third kappa shape index (κ3) is 3.84. The van der Waals surface area contributed by atoms with Crippen molar-refractivity contribution in [3.63, 3.8) is 0 Å². The first-order chi connectivity index (χ1) is 12.6. The van der Waals surface area contributed by atoms with E-state index in [2.05, 4.69) is 15.9 Å². The van der Waals surface area contributed by atoms with Gasteiger partial charge in [0.25, 0.3) is 5.69 Å². The van der Waals surface area contributed by atoms with E-state index < -0.39 is 0 Å². The molecular weight excluding hydrogens is 428 g/mol. The highest BCUT2D eigenvalue weighted by atomic mass is 79.9. The molecule has 0 saturated carbocycles. The Morgan fingerprint density at radius 3 is 2.22 bits per heavy atom. The van der Waals surface area contributed by atoms with Gasteiger partial charge in [-0.15, -0.1) is 0 Å². The Bertz CT molecular complexity index is 1120. The average Bonchev–Trinajstić information content (AvgIpc) is 2.68. The zero-order valence-corrected chi connectivity index (χ0v) is 16.3. The number of rotatable bonds is 3. The fourth-order valence-electron chi connectivity index (χ4n) is 2.95. The van der Waals surface area contributed by atoms with E-state index in [4.69, 9.17) is 4.98 Å². The molecule has 0 unspecified atom stereocenters. The quantitative estimate of drug-likeness (QED) is 0.363. The Labute approximate surface area is 170 Å². The maximum atomic E-state index is 11.2. The van der Waals surface area contributed by atoms with Crippen molar-refractivity contribution in [2.24, 2.45) is 0 Å². The lowest BCUT2D eigenvalue weighted by molar-refractivity contribution is -0.384. The van der Waals surface area contributed by atoms with Crippen molar-refractivity contribution in [2.75, 3.05) is 0 Å². The van der Waals surface area contributed by atoms with Gasteiger partial charge in [-0.05, 0) is 35.4 Å². The molecule has 0 amide bonds. The Kier molecular flexibility index (Phi) is 5.54. The molecule has 0 aliphatic rings. The van der Waals surface area contributed by atoms with Crippen LogP contribution in [0.5, 0.6) is 0 Å². The van der Waals surface area contributed by atoms with Gasteiger partial charge in [-0.3, -0.25) is 10.1 Å². The molecule has 0 aliphatic carbocycles. The van der Waals surface area contributed by atoms with E-state index in [1.165, 1.54) is 6.07 Å². The third-order valence-electron chi connectivity index (χ3n) is 4.23. The van der Waals surface area contributed by atoms with Crippen LogP contribution in [-0.2, 0) is 0 Å². The fourth-order valence-corrected chi connectivity index (χ4v) is 3.22. The molecule has 0 radical (unpaired) electrons. The lowest BCUT2D eigenvalue weighted by atomic mass is 9.98. The second-order valence-corrected chi connectivity index (χ2v) is 6.80. The summed E-state index contributed by atoms with van der Waals surface area (Å²) in [6, 6.07) is 24.6. The van der Waals surface area contributed by atoms with Crippen LogP contribution in [0.3, 0.4) is 0 Å². The van der Waals surface area contributed by atoms with Gasteiger partial charge in [0, 0.05) is 27.6 Å². The number of benzene rings is 3. The van der Waals surface area contributed by atoms with E-state index in [0.717, 1.165) is 37.8 Å². The predicted molar refractivity (Wildman–Crippen MR) is 107 cm³/mol. The number of hydrogen-bond acceptors (Lipinski definition) is 3. The summed E-state index contributed by atoms with van der Waals surface area (Å²) in [5, 5.41) is 12.0. The predicted octanol–water partition coefficient (Wildman–Crippen LogP) is 3.24. The van der Waals surface area contributed by atoms with E-state index in [1.807, 2.05) is 60.7 Å². The Balaban J connectivity index is 0.00000210. The largest absolute Gasteiger partial charge is 1.00 e. The van der Waals surface area contributed by atoms with Gasteiger partial charge in [0.15, 0.2) is 0 Å². The van der Waals surface area contributed by atoms with Crippen LogP contribution < -0.4 is 12.4 Å². The van der Waals surface area contributed by atoms with Gasteiger partial charge >= 0.3 is 0 Å². The number of fused-ring (bicyclic) bond motifs is 1. The van der Waals surface area contributed by atoms with E-state index in [9.17, 15) is 10.1 Å². The number of hydrogen-bond donors (Lipinski definition) is 0. The highest BCUT2D eigenvalue weighted by molar-refractivity contribution is 9.10. The lowest BCUT2D eigenvalue weighted by Gasteiger charge is -2.10. The van der Waals surface area contributed by atoms with Gasteiger partial charge in [0.05, 0.1) is 16.1 Å². The summed E-state index contributed by atoms with van der Waals surface area (Å²) in [6.07, 6.45) is 0. The Morgan fingerprint density at radius 1 is 0.852 bits per heavy atom. The summed E-state index contributed by atoms with van der Waals surface area (Å²) in [5.74, 6) is 0. The number of halogens is 2. The van der Waals surface area contributed by atoms with Crippen molar-refractivity contribution >= 4 is 32.5 Å². The minimum Gasteiger partial charge on any atom is -1.00 e. The summed E-state index contributed by atoms with van der Waals surface area (Å²) < 4.78 is 1.00. The van der Waals surface area contributed by atoms with Crippen LogP contribution in [0.4, 0.5) is 5.69 Å². The molecule has 4 nitrogen and oxygen atoms in total. The number of pyridine rings is 1. The molecule has 0 atom stereocenters. The van der Waals surface area contributed by atoms with Crippen LogP contribution in [0, 0.1) is 10.1 Å². The smallest absolute Gasteiger partial charge is 0.270 e. The zero-order chi connectivity index (χ0) is 18.1. The Morgan fingerprint density at radius 2 is 1.56 bits per heavy atom. The first-order valence-electron chi connectivity index (χ1n) is 8.02. The number of non-ortho nitro benzene ring substituents is 1. The van der Waals surface area contributed by atoms with Crippen molar-refractivity contribution in [1.82, 2.24) is 4.98 Å². The first-order valence-corrected chi connectivity index (χ1v) is 8.82. The molecule has 4 aromatic rings. The molecule has 0 aliphatic heterocycles. The standard InChI is InChI=1S/C21H13BrN2O2.ClH/c22-16-8-6-15(7-9-16)21-13-18(14-4-2-1-3-5-14)19-12-17(24(25)26)10-11-20(19)23-21;/h1-13H;1H/p-1. The first kappa shape index (κ1) is 19.0. The summed E-state index contributed by atoms with van der Waals surface area (Å²) in [5.41, 5.74) is 4.54. The van der Waals surface area contributed by atoms with Gasteiger partial charge in [-0.1, -0.05) is 58.4 Å². The zero-order valence-electron chi connectivity index (χ0n) is 14.0. The second kappa shape index (κ2) is 7.86. The second-order valence-electron chi connectivity index (χ2n) is 5.89. The van der Waals surface area contributed by atoms with Crippen molar-refractivity contribution in [1.29, 1.82) is 0 Å². The molecule has 1 heterocycles. The maximum Gasteiger partial charge on any atom is 0.270 e. The minimum atomic E-state index is -0.378. The summed E-state index contributed by atoms with van der Waals surface area (Å²) in [6.45, 7) is 0.